The van der Waals surface area contributed by atoms with E-state index in [-0.39, 0.29) is 11.7 Å². The summed E-state index contributed by atoms with van der Waals surface area (Å²) in [6.45, 7) is 4.23. The van der Waals surface area contributed by atoms with Gasteiger partial charge in [-0.05, 0) is 55.8 Å². The van der Waals surface area contributed by atoms with Gasteiger partial charge in [-0.1, -0.05) is 6.07 Å². The molecule has 0 unspecified atom stereocenters. The zero-order chi connectivity index (χ0) is 17.1. The summed E-state index contributed by atoms with van der Waals surface area (Å²) in [5, 5.41) is 2.90. The summed E-state index contributed by atoms with van der Waals surface area (Å²) in [6, 6.07) is 11.8. The number of carbonyl (C=O) groups excluding carboxylic acids is 1. The number of hydrogen-bond donors (Lipinski definition) is 1. The first-order valence-corrected chi connectivity index (χ1v) is 7.68. The highest BCUT2D eigenvalue weighted by molar-refractivity contribution is 5.95. The number of nitrogens with zero attached hydrogens (tertiary/aromatic N) is 2. The number of benzene rings is 1. The average Bonchev–Trinajstić information content (AvgIpc) is 2.89. The largest absolute Gasteiger partial charge is 0.348 e. The van der Waals surface area contributed by atoms with Crippen LogP contribution >= 0.6 is 0 Å². The van der Waals surface area contributed by atoms with E-state index in [0.717, 1.165) is 22.6 Å². The molecule has 5 heteroatoms. The van der Waals surface area contributed by atoms with Crippen LogP contribution in [0.3, 0.4) is 0 Å². The van der Waals surface area contributed by atoms with Crippen molar-refractivity contribution in [3.05, 3.63) is 83.2 Å². The highest BCUT2D eigenvalue weighted by Gasteiger charge is 2.16. The van der Waals surface area contributed by atoms with Crippen molar-refractivity contribution in [1.82, 2.24) is 14.9 Å². The molecule has 3 aromatic rings. The summed E-state index contributed by atoms with van der Waals surface area (Å²) in [7, 11) is 0. The van der Waals surface area contributed by atoms with E-state index in [1.165, 1.54) is 12.1 Å². The fourth-order valence-corrected chi connectivity index (χ4v) is 2.76. The van der Waals surface area contributed by atoms with Crippen LogP contribution in [-0.4, -0.2) is 15.5 Å². The fraction of sp³-hybridized carbons (Fsp3) is 0.158. The van der Waals surface area contributed by atoms with Crippen molar-refractivity contribution >= 4 is 5.91 Å². The van der Waals surface area contributed by atoms with Crippen LogP contribution in [0.25, 0.3) is 5.69 Å². The van der Waals surface area contributed by atoms with Gasteiger partial charge in [-0.15, -0.1) is 0 Å². The van der Waals surface area contributed by atoms with Crippen molar-refractivity contribution in [2.45, 2.75) is 20.4 Å². The topological polar surface area (TPSA) is 46.9 Å². The third-order valence-electron chi connectivity index (χ3n) is 3.94. The Balaban J connectivity index is 1.83. The number of aromatic nitrogens is 2. The van der Waals surface area contributed by atoms with Gasteiger partial charge in [-0.3, -0.25) is 9.78 Å². The Morgan fingerprint density at radius 2 is 1.96 bits per heavy atom. The Morgan fingerprint density at radius 3 is 2.62 bits per heavy atom. The highest BCUT2D eigenvalue weighted by atomic mass is 19.1. The van der Waals surface area contributed by atoms with E-state index in [4.69, 9.17) is 0 Å². The number of nitrogens with one attached hydrogen (secondary N) is 1. The smallest absolute Gasteiger partial charge is 0.253 e. The predicted molar refractivity (Wildman–Crippen MR) is 90.6 cm³/mol. The van der Waals surface area contributed by atoms with E-state index in [2.05, 4.69) is 10.3 Å². The van der Waals surface area contributed by atoms with Crippen LogP contribution in [0, 0.1) is 19.7 Å². The highest BCUT2D eigenvalue weighted by Crippen LogP contribution is 2.21. The number of halogens is 1. The Morgan fingerprint density at radius 1 is 1.21 bits per heavy atom. The Hall–Kier alpha value is -2.95. The minimum Gasteiger partial charge on any atom is -0.348 e. The molecule has 1 N–H and O–H groups in total. The van der Waals surface area contributed by atoms with Gasteiger partial charge in [0.1, 0.15) is 5.82 Å². The van der Waals surface area contributed by atoms with Gasteiger partial charge in [0, 0.05) is 36.0 Å². The van der Waals surface area contributed by atoms with Crippen LogP contribution in [0.1, 0.15) is 27.3 Å². The molecule has 1 aromatic carbocycles. The molecular formula is C19H18FN3O. The number of aryl methyl sites for hydroxylation is 1. The molecule has 0 spiro atoms. The van der Waals surface area contributed by atoms with Gasteiger partial charge in [0.05, 0.1) is 5.56 Å². The maximum atomic E-state index is 13.1. The number of carbonyl (C=O) groups is 1. The number of pyridine rings is 1. The number of amides is 1. The zero-order valence-electron chi connectivity index (χ0n) is 13.6. The standard InChI is InChI=1S/C19H18FN3O/c1-13-10-18(19(24)22-12-15-4-3-9-21-11-15)14(2)23(13)17-7-5-16(20)6-8-17/h3-11H,12H2,1-2H3,(H,22,24). The lowest BCUT2D eigenvalue weighted by Crippen LogP contribution is -2.23. The van der Waals surface area contributed by atoms with Crippen molar-refractivity contribution < 1.29 is 9.18 Å². The van der Waals surface area contributed by atoms with Crippen LogP contribution < -0.4 is 5.32 Å². The summed E-state index contributed by atoms with van der Waals surface area (Å²) < 4.78 is 15.1. The molecule has 1 amide bonds. The minimum absolute atomic E-state index is 0.139. The molecule has 2 aromatic heterocycles. The van der Waals surface area contributed by atoms with Crippen LogP contribution in [0.2, 0.25) is 0 Å². The number of hydrogen-bond acceptors (Lipinski definition) is 2. The third-order valence-corrected chi connectivity index (χ3v) is 3.94. The molecule has 2 heterocycles. The molecule has 0 bridgehead atoms. The third kappa shape index (κ3) is 3.20. The summed E-state index contributed by atoms with van der Waals surface area (Å²) >= 11 is 0. The summed E-state index contributed by atoms with van der Waals surface area (Å²) in [6.07, 6.45) is 3.42. The van der Waals surface area contributed by atoms with E-state index in [1.807, 2.05) is 36.6 Å². The normalized spacial score (nSPS) is 10.6. The number of rotatable bonds is 4. The Bertz CT molecular complexity index is 854. The van der Waals surface area contributed by atoms with Crippen LogP contribution in [0.15, 0.2) is 54.9 Å². The van der Waals surface area contributed by atoms with Gasteiger partial charge in [0.2, 0.25) is 0 Å². The monoisotopic (exact) mass is 323 g/mol. The van der Waals surface area contributed by atoms with E-state index < -0.39 is 0 Å². The molecule has 0 saturated carbocycles. The molecule has 122 valence electrons. The zero-order valence-corrected chi connectivity index (χ0v) is 13.6. The molecule has 0 radical (unpaired) electrons. The molecule has 3 rings (SSSR count). The second-order valence-electron chi connectivity index (χ2n) is 5.64. The van der Waals surface area contributed by atoms with Gasteiger partial charge in [-0.25, -0.2) is 4.39 Å². The maximum Gasteiger partial charge on any atom is 0.253 e. The second kappa shape index (κ2) is 6.66. The Labute approximate surface area is 140 Å². The molecule has 24 heavy (non-hydrogen) atoms. The minimum atomic E-state index is -0.282. The summed E-state index contributed by atoms with van der Waals surface area (Å²) in [5.74, 6) is -0.420. The lowest BCUT2D eigenvalue weighted by molar-refractivity contribution is 0.0950. The fourth-order valence-electron chi connectivity index (χ4n) is 2.76. The van der Waals surface area contributed by atoms with E-state index in [9.17, 15) is 9.18 Å². The molecule has 0 fully saturated rings. The van der Waals surface area contributed by atoms with Gasteiger partial charge >= 0.3 is 0 Å². The maximum absolute atomic E-state index is 13.1. The first-order chi connectivity index (χ1) is 11.6. The average molecular weight is 323 g/mol. The van der Waals surface area contributed by atoms with Gasteiger partial charge in [0.25, 0.3) is 5.91 Å². The van der Waals surface area contributed by atoms with Crippen LogP contribution in [-0.2, 0) is 6.54 Å². The molecular weight excluding hydrogens is 305 g/mol. The Kier molecular flexibility index (Phi) is 4.42. The lowest BCUT2D eigenvalue weighted by Gasteiger charge is -2.10. The van der Waals surface area contributed by atoms with Crippen molar-refractivity contribution in [1.29, 1.82) is 0 Å². The first kappa shape index (κ1) is 15.9. The first-order valence-electron chi connectivity index (χ1n) is 7.68. The molecule has 0 aliphatic heterocycles. The van der Waals surface area contributed by atoms with Crippen molar-refractivity contribution in [2.75, 3.05) is 0 Å². The molecule has 0 atom stereocenters. The molecule has 0 aliphatic carbocycles. The van der Waals surface area contributed by atoms with E-state index in [1.54, 1.807) is 24.5 Å². The van der Waals surface area contributed by atoms with Crippen LogP contribution in [0.5, 0.6) is 0 Å². The lowest BCUT2D eigenvalue weighted by atomic mass is 10.2. The van der Waals surface area contributed by atoms with E-state index in [0.29, 0.717) is 12.1 Å². The molecule has 4 nitrogen and oxygen atoms in total. The summed E-state index contributed by atoms with van der Waals surface area (Å²) in [5.41, 5.74) is 4.13. The van der Waals surface area contributed by atoms with Crippen molar-refractivity contribution in [3.8, 4) is 5.69 Å². The van der Waals surface area contributed by atoms with Crippen molar-refractivity contribution in [2.24, 2.45) is 0 Å². The summed E-state index contributed by atoms with van der Waals surface area (Å²) in [4.78, 5) is 16.5. The van der Waals surface area contributed by atoms with Crippen molar-refractivity contribution in [3.63, 3.8) is 0 Å². The molecule has 0 aliphatic rings. The second-order valence-corrected chi connectivity index (χ2v) is 5.64. The molecule has 0 saturated heterocycles. The van der Waals surface area contributed by atoms with E-state index >= 15 is 0 Å². The van der Waals surface area contributed by atoms with Gasteiger partial charge in [-0.2, -0.15) is 0 Å². The van der Waals surface area contributed by atoms with Crippen LogP contribution in [0.4, 0.5) is 4.39 Å². The quantitative estimate of drug-likeness (QED) is 0.798. The SMILES string of the molecule is Cc1cc(C(=O)NCc2cccnc2)c(C)n1-c1ccc(F)cc1. The predicted octanol–water partition coefficient (Wildman–Crippen LogP) is 3.56. The van der Waals surface area contributed by atoms with Gasteiger partial charge in [0.15, 0.2) is 0 Å². The van der Waals surface area contributed by atoms with Gasteiger partial charge < -0.3 is 9.88 Å².